The molecular weight excluding hydrogens is 513 g/mol. The van der Waals surface area contributed by atoms with Crippen LogP contribution in [0, 0.1) is 14.9 Å². The van der Waals surface area contributed by atoms with E-state index < -0.39 is 18.4 Å². The average molecular weight is 529 g/mol. The standard InChI is InChI=1S/C21H16IN5O4/c22-16-10-18(17(26-21(30)31)9-13(16)4-5-23)25-20(29)11-19(28)14-2-1-3-15(8-14)27-7-6-24-12-27/h1-3,6-10,12,26H,4,11H2,(H,25,29)(H,30,31). The molecule has 9 nitrogen and oxygen atoms in total. The fourth-order valence-electron chi connectivity index (χ4n) is 2.85. The Morgan fingerprint density at radius 2 is 1.94 bits per heavy atom. The number of imidazole rings is 1. The smallest absolute Gasteiger partial charge is 0.409 e. The fourth-order valence-corrected chi connectivity index (χ4v) is 3.51. The molecule has 3 N–H and O–H groups in total. The summed E-state index contributed by atoms with van der Waals surface area (Å²) >= 11 is 2.00. The number of ketones is 1. The van der Waals surface area contributed by atoms with Crippen molar-refractivity contribution in [3.63, 3.8) is 0 Å². The minimum Gasteiger partial charge on any atom is -0.465 e. The molecule has 0 saturated carbocycles. The van der Waals surface area contributed by atoms with E-state index in [1.165, 1.54) is 6.07 Å². The number of rotatable bonds is 7. The van der Waals surface area contributed by atoms with Crippen LogP contribution in [0.3, 0.4) is 0 Å². The van der Waals surface area contributed by atoms with Gasteiger partial charge in [-0.15, -0.1) is 0 Å². The number of anilines is 2. The van der Waals surface area contributed by atoms with Crippen molar-refractivity contribution in [1.82, 2.24) is 9.55 Å². The highest BCUT2D eigenvalue weighted by Gasteiger charge is 2.16. The van der Waals surface area contributed by atoms with Gasteiger partial charge in [0, 0.05) is 27.2 Å². The van der Waals surface area contributed by atoms with Crippen LogP contribution in [0.15, 0.2) is 55.1 Å². The molecule has 1 heterocycles. The number of carbonyl (C=O) groups excluding carboxylic acids is 2. The van der Waals surface area contributed by atoms with Gasteiger partial charge in [-0.25, -0.2) is 9.78 Å². The van der Waals surface area contributed by atoms with Gasteiger partial charge in [-0.1, -0.05) is 12.1 Å². The maximum Gasteiger partial charge on any atom is 0.409 e. The van der Waals surface area contributed by atoms with Gasteiger partial charge < -0.3 is 15.0 Å². The number of carboxylic acid groups (broad SMARTS) is 1. The summed E-state index contributed by atoms with van der Waals surface area (Å²) < 4.78 is 2.43. The zero-order valence-electron chi connectivity index (χ0n) is 16.0. The van der Waals surface area contributed by atoms with Crippen LogP contribution < -0.4 is 10.6 Å². The second-order valence-corrected chi connectivity index (χ2v) is 7.58. The Bertz CT molecular complexity index is 1180. The predicted octanol–water partition coefficient (Wildman–Crippen LogP) is 3.84. The van der Waals surface area contributed by atoms with E-state index >= 15 is 0 Å². The molecule has 2 aromatic carbocycles. The van der Waals surface area contributed by atoms with Crippen molar-refractivity contribution in [2.24, 2.45) is 0 Å². The molecule has 0 spiro atoms. The predicted molar refractivity (Wildman–Crippen MR) is 121 cm³/mol. The van der Waals surface area contributed by atoms with Crippen LogP contribution in [0.2, 0.25) is 0 Å². The second kappa shape index (κ2) is 9.86. The maximum atomic E-state index is 12.6. The molecule has 0 aliphatic carbocycles. The van der Waals surface area contributed by atoms with E-state index in [0.29, 0.717) is 14.7 Å². The summed E-state index contributed by atoms with van der Waals surface area (Å²) in [7, 11) is 0. The Morgan fingerprint density at radius 3 is 2.61 bits per heavy atom. The average Bonchev–Trinajstić information content (AvgIpc) is 3.26. The second-order valence-electron chi connectivity index (χ2n) is 6.42. The van der Waals surface area contributed by atoms with E-state index in [2.05, 4.69) is 15.6 Å². The molecule has 10 heteroatoms. The van der Waals surface area contributed by atoms with Crippen LogP contribution in [0.1, 0.15) is 22.3 Å². The first kappa shape index (κ1) is 22.0. The monoisotopic (exact) mass is 529 g/mol. The van der Waals surface area contributed by atoms with Crippen LogP contribution in [0.5, 0.6) is 0 Å². The molecular formula is C21H16IN5O4. The highest BCUT2D eigenvalue weighted by atomic mass is 127. The Hall–Kier alpha value is -3.72. The molecule has 31 heavy (non-hydrogen) atoms. The summed E-state index contributed by atoms with van der Waals surface area (Å²) in [6.07, 6.45) is 3.32. The molecule has 1 aromatic heterocycles. The number of hydrogen-bond acceptors (Lipinski definition) is 5. The number of hydrogen-bond donors (Lipinski definition) is 3. The number of halogens is 1. The van der Waals surface area contributed by atoms with Gasteiger partial charge in [0.25, 0.3) is 0 Å². The quantitative estimate of drug-likeness (QED) is 0.242. The Kier molecular flexibility index (Phi) is 6.99. The minimum atomic E-state index is -1.31. The molecule has 3 aromatic rings. The Morgan fingerprint density at radius 1 is 1.16 bits per heavy atom. The van der Waals surface area contributed by atoms with E-state index in [-0.39, 0.29) is 23.6 Å². The Balaban J connectivity index is 1.77. The minimum absolute atomic E-state index is 0.0898. The SMILES string of the molecule is N#CCc1cc(NC(=O)O)c(NC(=O)CC(=O)c2cccc(-n3ccnc3)c2)cc1I. The lowest BCUT2D eigenvalue weighted by Gasteiger charge is -2.14. The van der Waals surface area contributed by atoms with Crippen LogP contribution >= 0.6 is 22.6 Å². The summed E-state index contributed by atoms with van der Waals surface area (Å²) in [5.41, 5.74) is 2.06. The molecule has 0 unspecified atom stereocenters. The van der Waals surface area contributed by atoms with E-state index in [0.717, 1.165) is 5.69 Å². The number of benzene rings is 2. The number of Topliss-reactive ketones (excluding diaryl/α,β-unsaturated/α-hetero) is 1. The zero-order valence-corrected chi connectivity index (χ0v) is 18.2. The number of carbonyl (C=O) groups is 3. The number of nitriles is 1. The lowest BCUT2D eigenvalue weighted by Crippen LogP contribution is -2.19. The largest absolute Gasteiger partial charge is 0.465 e. The van der Waals surface area contributed by atoms with Crippen molar-refractivity contribution < 1.29 is 19.5 Å². The van der Waals surface area contributed by atoms with E-state index in [4.69, 9.17) is 10.4 Å². The maximum absolute atomic E-state index is 12.6. The van der Waals surface area contributed by atoms with Gasteiger partial charge in [0.05, 0.1) is 36.6 Å². The third-order valence-electron chi connectivity index (χ3n) is 4.26. The molecule has 0 aliphatic heterocycles. The molecule has 0 bridgehead atoms. The topological polar surface area (TPSA) is 137 Å². The number of nitrogens with zero attached hydrogens (tertiary/aromatic N) is 3. The van der Waals surface area contributed by atoms with E-state index in [9.17, 15) is 14.4 Å². The van der Waals surface area contributed by atoms with Crippen LogP contribution in [0.25, 0.3) is 5.69 Å². The van der Waals surface area contributed by atoms with Crippen molar-refractivity contribution in [3.05, 3.63) is 69.8 Å². The van der Waals surface area contributed by atoms with Crippen molar-refractivity contribution in [2.75, 3.05) is 10.6 Å². The molecule has 3 rings (SSSR count). The van der Waals surface area contributed by atoms with Gasteiger partial charge in [-0.05, 0) is 52.4 Å². The van der Waals surface area contributed by atoms with Gasteiger partial charge in [0.1, 0.15) is 0 Å². The van der Waals surface area contributed by atoms with Crippen molar-refractivity contribution in [3.8, 4) is 11.8 Å². The van der Waals surface area contributed by atoms with Gasteiger partial charge in [-0.2, -0.15) is 5.26 Å². The number of aromatic nitrogens is 2. The third kappa shape index (κ3) is 5.67. The van der Waals surface area contributed by atoms with Gasteiger partial charge in [0.2, 0.25) is 5.91 Å². The number of amides is 2. The summed E-state index contributed by atoms with van der Waals surface area (Å²) in [6.45, 7) is 0. The van der Waals surface area contributed by atoms with Crippen molar-refractivity contribution in [1.29, 1.82) is 5.26 Å². The van der Waals surface area contributed by atoms with Crippen LogP contribution in [-0.4, -0.2) is 32.4 Å². The van der Waals surface area contributed by atoms with Crippen molar-refractivity contribution >= 4 is 51.7 Å². The number of nitrogens with one attached hydrogen (secondary N) is 2. The fraction of sp³-hybridized carbons (Fsp3) is 0.0952. The molecule has 0 saturated heterocycles. The lowest BCUT2D eigenvalue weighted by atomic mass is 10.1. The molecule has 2 amide bonds. The molecule has 0 radical (unpaired) electrons. The third-order valence-corrected chi connectivity index (χ3v) is 5.27. The summed E-state index contributed by atoms with van der Waals surface area (Å²) in [5.74, 6) is -0.974. The van der Waals surface area contributed by atoms with Gasteiger partial charge in [0.15, 0.2) is 5.78 Å². The highest BCUT2D eigenvalue weighted by molar-refractivity contribution is 14.1. The highest BCUT2D eigenvalue weighted by Crippen LogP contribution is 2.28. The normalized spacial score (nSPS) is 10.2. The first-order chi connectivity index (χ1) is 14.9. The summed E-state index contributed by atoms with van der Waals surface area (Å²) in [4.78, 5) is 40.2. The molecule has 0 aliphatic rings. The first-order valence-corrected chi connectivity index (χ1v) is 10.1. The van der Waals surface area contributed by atoms with Crippen LogP contribution in [0.4, 0.5) is 16.2 Å². The van der Waals surface area contributed by atoms with Gasteiger partial charge >= 0.3 is 6.09 Å². The lowest BCUT2D eigenvalue weighted by molar-refractivity contribution is -0.115. The molecule has 0 atom stereocenters. The van der Waals surface area contributed by atoms with Crippen LogP contribution in [-0.2, 0) is 11.2 Å². The van der Waals surface area contributed by atoms with Gasteiger partial charge in [-0.3, -0.25) is 14.9 Å². The van der Waals surface area contributed by atoms with E-state index in [1.807, 2.05) is 34.7 Å². The van der Waals surface area contributed by atoms with E-state index in [1.54, 1.807) is 47.6 Å². The summed E-state index contributed by atoms with van der Waals surface area (Å²) in [5, 5.41) is 22.8. The molecule has 0 fully saturated rings. The summed E-state index contributed by atoms with van der Waals surface area (Å²) in [6, 6.07) is 11.9. The van der Waals surface area contributed by atoms with Crippen molar-refractivity contribution in [2.45, 2.75) is 12.8 Å². The Labute approximate surface area is 190 Å². The first-order valence-electron chi connectivity index (χ1n) is 8.98. The zero-order chi connectivity index (χ0) is 22.4. The molecule has 156 valence electrons.